The third kappa shape index (κ3) is 8.89. The molecule has 3 aromatic rings. The van der Waals surface area contributed by atoms with Crippen LogP contribution in [-0.2, 0) is 11.3 Å². The molecule has 2 heterocycles. The molecule has 0 atom stereocenters. The molecule has 0 aliphatic carbocycles. The summed E-state index contributed by atoms with van der Waals surface area (Å²) in [6.07, 6.45) is -3.27. The Balaban J connectivity index is 0.000000559. The Morgan fingerprint density at radius 1 is 1.00 bits per heavy atom. The lowest BCUT2D eigenvalue weighted by Gasteiger charge is -2.37. The van der Waals surface area contributed by atoms with Gasteiger partial charge < -0.3 is 30.1 Å². The van der Waals surface area contributed by atoms with Gasteiger partial charge in [0.25, 0.3) is 0 Å². The normalized spacial score (nSPS) is 13.7. The van der Waals surface area contributed by atoms with E-state index in [1.807, 2.05) is 48.7 Å². The molecule has 1 aliphatic rings. The molecule has 13 heteroatoms. The molecule has 3 N–H and O–H groups in total. The number of halogens is 3. The maximum Gasteiger partial charge on any atom is 0.490 e. The molecule has 212 valence electrons. The predicted molar refractivity (Wildman–Crippen MR) is 143 cm³/mol. The highest BCUT2D eigenvalue weighted by molar-refractivity contribution is 5.95. The number of alkyl halides is 3. The highest BCUT2D eigenvalue weighted by Gasteiger charge is 2.38. The lowest BCUT2D eigenvalue weighted by molar-refractivity contribution is -0.192. The number of aliphatic imine (C=N–C) groups is 1. The number of hydrogen-bond acceptors (Lipinski definition) is 6. The van der Waals surface area contributed by atoms with Gasteiger partial charge in [-0.05, 0) is 54.1 Å². The maximum absolute atomic E-state index is 11.2. The molecule has 4 rings (SSSR count). The Morgan fingerprint density at radius 2 is 1.68 bits per heavy atom. The molecule has 1 aliphatic heterocycles. The number of rotatable bonds is 6. The van der Waals surface area contributed by atoms with Crippen molar-refractivity contribution in [3.05, 3.63) is 84.1 Å². The van der Waals surface area contributed by atoms with Crippen molar-refractivity contribution in [3.8, 4) is 5.75 Å². The van der Waals surface area contributed by atoms with Gasteiger partial charge >= 0.3 is 18.1 Å². The van der Waals surface area contributed by atoms with Crippen LogP contribution in [0.2, 0.25) is 0 Å². The molecule has 0 amide bonds. The van der Waals surface area contributed by atoms with Gasteiger partial charge in [0.1, 0.15) is 11.6 Å². The zero-order valence-corrected chi connectivity index (χ0v) is 21.5. The number of carboxylic acid groups (broad SMARTS) is 2. The summed E-state index contributed by atoms with van der Waals surface area (Å²) < 4.78 is 37.1. The molecule has 40 heavy (non-hydrogen) atoms. The van der Waals surface area contributed by atoms with E-state index in [0.717, 1.165) is 55.0 Å². The average molecular weight is 560 g/mol. The number of aromatic nitrogens is 1. The molecule has 0 saturated carbocycles. The highest BCUT2D eigenvalue weighted by Crippen LogP contribution is 2.17. The molecule has 1 saturated heterocycles. The average Bonchev–Trinajstić information content (AvgIpc) is 2.96. The van der Waals surface area contributed by atoms with E-state index in [0.29, 0.717) is 6.54 Å². The fourth-order valence-electron chi connectivity index (χ4n) is 3.67. The maximum atomic E-state index is 11.2. The minimum Gasteiger partial charge on any atom is -0.497 e. The van der Waals surface area contributed by atoms with Gasteiger partial charge in [0.15, 0.2) is 5.96 Å². The first-order valence-electron chi connectivity index (χ1n) is 12.1. The summed E-state index contributed by atoms with van der Waals surface area (Å²) in [6.45, 7) is 3.72. The third-order valence-electron chi connectivity index (χ3n) is 5.73. The van der Waals surface area contributed by atoms with Crippen molar-refractivity contribution in [2.45, 2.75) is 12.7 Å². The minimum atomic E-state index is -5.08. The Kier molecular flexibility index (Phi) is 10.3. The van der Waals surface area contributed by atoms with Crippen LogP contribution < -0.4 is 15.0 Å². The molecule has 10 nitrogen and oxygen atoms in total. The molecular weight excluding hydrogens is 531 g/mol. The fourth-order valence-corrected chi connectivity index (χ4v) is 3.67. The molecule has 0 spiro atoms. The summed E-state index contributed by atoms with van der Waals surface area (Å²) in [7, 11) is 1.65. The number of carboxylic acids is 2. The topological polar surface area (TPSA) is 128 Å². The van der Waals surface area contributed by atoms with E-state index in [1.54, 1.807) is 31.4 Å². The summed E-state index contributed by atoms with van der Waals surface area (Å²) in [5, 5.41) is 19.7. The number of anilines is 2. The van der Waals surface area contributed by atoms with E-state index in [-0.39, 0.29) is 5.56 Å². The highest BCUT2D eigenvalue weighted by atomic mass is 19.4. The summed E-state index contributed by atoms with van der Waals surface area (Å²) in [4.78, 5) is 33.9. The van der Waals surface area contributed by atoms with E-state index >= 15 is 0 Å². The van der Waals surface area contributed by atoms with Gasteiger partial charge in [-0.3, -0.25) is 0 Å². The lowest BCUT2D eigenvalue weighted by atomic mass is 10.2. The number of guanidine groups is 1. The van der Waals surface area contributed by atoms with E-state index in [2.05, 4.69) is 20.1 Å². The van der Waals surface area contributed by atoms with Crippen molar-refractivity contribution in [2.24, 2.45) is 4.99 Å². The molecule has 1 aromatic heterocycles. The summed E-state index contributed by atoms with van der Waals surface area (Å²) in [5.41, 5.74) is 2.08. The van der Waals surface area contributed by atoms with Crippen LogP contribution in [0, 0.1) is 0 Å². The SMILES string of the molecule is COc1cccc(CN=C(Nc2ccc(C(=O)O)cc2)N2CCN(c3ccccn3)CC2)c1.O=C(O)C(F)(F)F. The van der Waals surface area contributed by atoms with Crippen molar-refractivity contribution in [1.29, 1.82) is 0 Å². The van der Waals surface area contributed by atoms with Crippen molar-refractivity contribution in [1.82, 2.24) is 9.88 Å². The number of piperazine rings is 1. The third-order valence-corrected chi connectivity index (χ3v) is 5.73. The summed E-state index contributed by atoms with van der Waals surface area (Å²) >= 11 is 0. The molecule has 2 aromatic carbocycles. The number of carbonyl (C=O) groups is 2. The van der Waals surface area contributed by atoms with E-state index < -0.39 is 18.1 Å². The number of ether oxygens (including phenoxy) is 1. The van der Waals surface area contributed by atoms with Crippen molar-refractivity contribution >= 4 is 29.4 Å². The number of nitrogens with one attached hydrogen (secondary N) is 1. The van der Waals surface area contributed by atoms with Gasteiger partial charge in [-0.1, -0.05) is 18.2 Å². The van der Waals surface area contributed by atoms with Crippen molar-refractivity contribution in [3.63, 3.8) is 0 Å². The fraction of sp³-hybridized carbons (Fsp3) is 0.259. The van der Waals surface area contributed by atoms with Gasteiger partial charge in [-0.2, -0.15) is 13.2 Å². The number of aliphatic carboxylic acids is 1. The van der Waals surface area contributed by atoms with Crippen LogP contribution in [0.25, 0.3) is 0 Å². The molecule has 0 bridgehead atoms. The van der Waals surface area contributed by atoms with Crippen LogP contribution in [0.5, 0.6) is 5.75 Å². The van der Waals surface area contributed by atoms with E-state index in [4.69, 9.17) is 24.7 Å². The van der Waals surface area contributed by atoms with Gasteiger partial charge in [0.05, 0.1) is 19.2 Å². The first kappa shape index (κ1) is 29.7. The monoisotopic (exact) mass is 559 g/mol. The molecule has 0 radical (unpaired) electrons. The Morgan fingerprint density at radius 3 is 2.23 bits per heavy atom. The number of benzene rings is 2. The van der Waals surface area contributed by atoms with Gasteiger partial charge in [-0.25, -0.2) is 19.6 Å². The van der Waals surface area contributed by atoms with Crippen molar-refractivity contribution in [2.75, 3.05) is 43.5 Å². The first-order chi connectivity index (χ1) is 19.1. The zero-order valence-electron chi connectivity index (χ0n) is 21.5. The first-order valence-corrected chi connectivity index (χ1v) is 12.1. The Labute approximate surface area is 228 Å². The molecular formula is C27H28F3N5O5. The number of hydrogen-bond donors (Lipinski definition) is 3. The quantitative estimate of drug-likeness (QED) is 0.301. The predicted octanol–water partition coefficient (Wildman–Crippen LogP) is 4.21. The second-order valence-corrected chi connectivity index (χ2v) is 8.46. The number of methoxy groups -OCH3 is 1. The number of nitrogens with zero attached hydrogens (tertiary/aromatic N) is 4. The number of pyridine rings is 1. The largest absolute Gasteiger partial charge is 0.497 e. The van der Waals surface area contributed by atoms with Crippen LogP contribution in [0.1, 0.15) is 15.9 Å². The lowest BCUT2D eigenvalue weighted by Crippen LogP contribution is -2.51. The van der Waals surface area contributed by atoms with Crippen LogP contribution >= 0.6 is 0 Å². The van der Waals surface area contributed by atoms with E-state index in [9.17, 15) is 18.0 Å². The molecule has 1 fully saturated rings. The van der Waals surface area contributed by atoms with Gasteiger partial charge in [-0.15, -0.1) is 0 Å². The second kappa shape index (κ2) is 13.8. The van der Waals surface area contributed by atoms with Crippen molar-refractivity contribution < 1.29 is 37.7 Å². The minimum absolute atomic E-state index is 0.249. The summed E-state index contributed by atoms with van der Waals surface area (Å²) in [5.74, 6) is -1.18. The van der Waals surface area contributed by atoms with Crippen LogP contribution in [0.15, 0.2) is 77.9 Å². The Hall–Kier alpha value is -4.81. The molecule has 0 unspecified atom stereocenters. The number of aromatic carboxylic acids is 1. The summed E-state index contributed by atoms with van der Waals surface area (Å²) in [6, 6.07) is 20.5. The van der Waals surface area contributed by atoms with Crippen LogP contribution in [0.4, 0.5) is 24.7 Å². The van der Waals surface area contributed by atoms with Gasteiger partial charge in [0, 0.05) is 38.1 Å². The van der Waals surface area contributed by atoms with Crippen LogP contribution in [-0.4, -0.2) is 77.5 Å². The second-order valence-electron chi connectivity index (χ2n) is 8.46. The van der Waals surface area contributed by atoms with Gasteiger partial charge in [0.2, 0.25) is 0 Å². The Bertz CT molecular complexity index is 1300. The van der Waals surface area contributed by atoms with E-state index in [1.165, 1.54) is 0 Å². The van der Waals surface area contributed by atoms with Crippen LogP contribution in [0.3, 0.4) is 0 Å². The zero-order chi connectivity index (χ0) is 29.1. The standard InChI is InChI=1S/C25H27N5O3.C2HF3O2/c1-33-22-6-4-5-19(17-22)18-27-25(28-21-10-8-20(9-11-21)24(31)32)30-15-13-29(14-16-30)23-7-2-3-12-26-23;3-2(4,5)1(6)7/h2-12,17H,13-16,18H2,1H3,(H,27,28)(H,31,32);(H,6,7). The smallest absolute Gasteiger partial charge is 0.490 e.